The third-order valence-corrected chi connectivity index (χ3v) is 5.37. The second-order valence-electron chi connectivity index (χ2n) is 4.99. The zero-order chi connectivity index (χ0) is 13.9. The molecule has 1 aromatic carbocycles. The lowest BCUT2D eigenvalue weighted by Gasteiger charge is -2.15. The van der Waals surface area contributed by atoms with E-state index in [2.05, 4.69) is 0 Å². The Morgan fingerprint density at radius 1 is 1.26 bits per heavy atom. The molecule has 2 rings (SSSR count). The van der Waals surface area contributed by atoms with Crippen LogP contribution in [0.15, 0.2) is 18.2 Å². The second-order valence-corrected chi connectivity index (χ2v) is 7.08. The molecule has 0 radical (unpaired) electrons. The van der Waals surface area contributed by atoms with Crippen LogP contribution in [-0.4, -0.2) is 38.2 Å². The highest BCUT2D eigenvalue weighted by molar-refractivity contribution is 7.89. The maximum atomic E-state index is 11.6. The summed E-state index contributed by atoms with van der Waals surface area (Å²) in [4.78, 5) is 0. The van der Waals surface area contributed by atoms with Crippen LogP contribution >= 0.6 is 0 Å². The average Bonchev–Trinajstić information content (AvgIpc) is 2.67. The molecule has 1 saturated heterocycles. The molecule has 19 heavy (non-hydrogen) atoms. The van der Waals surface area contributed by atoms with Gasteiger partial charge < -0.3 is 4.74 Å². The van der Waals surface area contributed by atoms with Crippen LogP contribution in [0.5, 0.6) is 5.75 Å². The van der Waals surface area contributed by atoms with Crippen LogP contribution < -0.4 is 4.74 Å². The predicted octanol–water partition coefficient (Wildman–Crippen LogP) is 2.11. The van der Waals surface area contributed by atoms with Gasteiger partial charge >= 0.3 is 0 Å². The van der Waals surface area contributed by atoms with Crippen LogP contribution in [0, 0.1) is 13.8 Å². The third-order valence-electron chi connectivity index (χ3n) is 3.41. The minimum atomic E-state index is -2.97. The van der Waals surface area contributed by atoms with Gasteiger partial charge in [0, 0.05) is 13.1 Å². The number of hydrogen-bond donors (Lipinski definition) is 0. The van der Waals surface area contributed by atoms with Gasteiger partial charge in [0.15, 0.2) is 0 Å². The number of hydrogen-bond acceptors (Lipinski definition) is 3. The van der Waals surface area contributed by atoms with Gasteiger partial charge in [-0.05, 0) is 37.8 Å². The Labute approximate surface area is 115 Å². The topological polar surface area (TPSA) is 46.6 Å². The maximum Gasteiger partial charge on any atom is 0.214 e. The van der Waals surface area contributed by atoms with Gasteiger partial charge in [-0.3, -0.25) is 0 Å². The van der Waals surface area contributed by atoms with E-state index >= 15 is 0 Å². The average molecular weight is 283 g/mol. The Morgan fingerprint density at radius 2 is 1.95 bits per heavy atom. The molecule has 0 aliphatic carbocycles. The van der Waals surface area contributed by atoms with E-state index in [4.69, 9.17) is 4.74 Å². The van der Waals surface area contributed by atoms with Crippen molar-refractivity contribution in [2.75, 3.05) is 25.4 Å². The highest BCUT2D eigenvalue weighted by atomic mass is 32.2. The highest BCUT2D eigenvalue weighted by Gasteiger charge is 2.27. The summed E-state index contributed by atoms with van der Waals surface area (Å²) >= 11 is 0. The Balaban J connectivity index is 1.81. The van der Waals surface area contributed by atoms with Gasteiger partial charge in [-0.2, -0.15) is 0 Å². The number of ether oxygens (including phenoxy) is 1. The summed E-state index contributed by atoms with van der Waals surface area (Å²) in [5, 5.41) is 0. The summed E-state index contributed by atoms with van der Waals surface area (Å²) in [7, 11) is -2.97. The molecule has 0 bridgehead atoms. The molecule has 4 nitrogen and oxygen atoms in total. The number of aryl methyl sites for hydroxylation is 2. The summed E-state index contributed by atoms with van der Waals surface area (Å²) in [6, 6.07) is 6.05. The molecule has 1 fully saturated rings. The number of rotatable bonds is 5. The predicted molar refractivity (Wildman–Crippen MR) is 76.0 cm³/mol. The molecule has 5 heteroatoms. The monoisotopic (exact) mass is 283 g/mol. The van der Waals surface area contributed by atoms with Gasteiger partial charge in [-0.1, -0.05) is 18.2 Å². The van der Waals surface area contributed by atoms with Crippen LogP contribution in [0.25, 0.3) is 0 Å². The lowest BCUT2D eigenvalue weighted by Crippen LogP contribution is -2.27. The van der Waals surface area contributed by atoms with E-state index in [1.54, 1.807) is 4.31 Å². The van der Waals surface area contributed by atoms with Crippen LogP contribution in [-0.2, 0) is 10.0 Å². The summed E-state index contributed by atoms with van der Waals surface area (Å²) in [6.07, 6.45) is 1.48. The maximum absolute atomic E-state index is 11.6. The Morgan fingerprint density at radius 3 is 2.53 bits per heavy atom. The molecule has 1 aromatic rings. The molecule has 1 aliphatic heterocycles. The standard InChI is InChI=1S/C14H21NO3S/c1-12-6-3-7-13(2)14(12)18-10-4-8-15-9-5-11-19(15,16)17/h3,6-7H,4-5,8-11H2,1-2H3. The van der Waals surface area contributed by atoms with Crippen LogP contribution in [0.2, 0.25) is 0 Å². The van der Waals surface area contributed by atoms with E-state index in [0.29, 0.717) is 25.4 Å². The van der Waals surface area contributed by atoms with Gasteiger partial charge in [0.2, 0.25) is 10.0 Å². The van der Waals surface area contributed by atoms with E-state index in [-0.39, 0.29) is 0 Å². The van der Waals surface area contributed by atoms with Crippen molar-refractivity contribution in [3.63, 3.8) is 0 Å². The summed E-state index contributed by atoms with van der Waals surface area (Å²) in [5.41, 5.74) is 2.24. The first kappa shape index (κ1) is 14.3. The fraction of sp³-hybridized carbons (Fsp3) is 0.571. The number of nitrogens with zero attached hydrogens (tertiary/aromatic N) is 1. The molecule has 1 aliphatic rings. The van der Waals surface area contributed by atoms with E-state index in [0.717, 1.165) is 29.7 Å². The van der Waals surface area contributed by atoms with Crippen molar-refractivity contribution in [3.05, 3.63) is 29.3 Å². The van der Waals surface area contributed by atoms with Crippen molar-refractivity contribution in [1.82, 2.24) is 4.31 Å². The molecule has 0 aromatic heterocycles. The molecular formula is C14H21NO3S. The fourth-order valence-electron chi connectivity index (χ4n) is 2.38. The first-order valence-corrected chi connectivity index (χ1v) is 8.28. The first-order valence-electron chi connectivity index (χ1n) is 6.67. The van der Waals surface area contributed by atoms with Gasteiger partial charge in [0.05, 0.1) is 12.4 Å². The van der Waals surface area contributed by atoms with Crippen molar-refractivity contribution in [1.29, 1.82) is 0 Å². The van der Waals surface area contributed by atoms with E-state index in [1.165, 1.54) is 0 Å². The lowest BCUT2D eigenvalue weighted by molar-refractivity contribution is 0.289. The Kier molecular flexibility index (Phi) is 4.47. The van der Waals surface area contributed by atoms with Gasteiger partial charge in [-0.25, -0.2) is 12.7 Å². The fourth-order valence-corrected chi connectivity index (χ4v) is 3.95. The lowest BCUT2D eigenvalue weighted by atomic mass is 10.1. The zero-order valence-electron chi connectivity index (χ0n) is 11.6. The van der Waals surface area contributed by atoms with Crippen molar-refractivity contribution >= 4 is 10.0 Å². The van der Waals surface area contributed by atoms with Crippen LogP contribution in [0.1, 0.15) is 24.0 Å². The molecule has 1 heterocycles. The van der Waals surface area contributed by atoms with E-state index in [9.17, 15) is 8.42 Å². The van der Waals surface area contributed by atoms with Crippen LogP contribution in [0.4, 0.5) is 0 Å². The molecule has 0 spiro atoms. The van der Waals surface area contributed by atoms with Crippen LogP contribution in [0.3, 0.4) is 0 Å². The van der Waals surface area contributed by atoms with Gasteiger partial charge in [-0.15, -0.1) is 0 Å². The summed E-state index contributed by atoms with van der Waals surface area (Å²) < 4.78 is 30.6. The van der Waals surface area contributed by atoms with E-state index < -0.39 is 10.0 Å². The number of para-hydroxylation sites is 1. The number of sulfonamides is 1. The smallest absolute Gasteiger partial charge is 0.214 e. The van der Waals surface area contributed by atoms with Crippen molar-refractivity contribution < 1.29 is 13.2 Å². The molecular weight excluding hydrogens is 262 g/mol. The first-order chi connectivity index (χ1) is 9.00. The second kappa shape index (κ2) is 5.92. The highest BCUT2D eigenvalue weighted by Crippen LogP contribution is 2.22. The summed E-state index contributed by atoms with van der Waals surface area (Å²) in [5.74, 6) is 1.22. The molecule has 0 unspecified atom stereocenters. The quantitative estimate of drug-likeness (QED) is 0.778. The normalized spacial score (nSPS) is 18.6. The minimum absolute atomic E-state index is 0.296. The largest absolute Gasteiger partial charge is 0.493 e. The van der Waals surface area contributed by atoms with Gasteiger partial charge in [0.25, 0.3) is 0 Å². The SMILES string of the molecule is Cc1cccc(C)c1OCCCN1CCCS1(=O)=O. The zero-order valence-corrected chi connectivity index (χ0v) is 12.4. The Bertz CT molecular complexity index is 519. The molecule has 0 atom stereocenters. The molecule has 106 valence electrons. The van der Waals surface area contributed by atoms with Crippen molar-refractivity contribution in [3.8, 4) is 5.75 Å². The van der Waals surface area contributed by atoms with Gasteiger partial charge in [0.1, 0.15) is 5.75 Å². The number of benzene rings is 1. The third kappa shape index (κ3) is 3.48. The molecule has 0 amide bonds. The van der Waals surface area contributed by atoms with Crippen molar-refractivity contribution in [2.24, 2.45) is 0 Å². The van der Waals surface area contributed by atoms with Crippen molar-refractivity contribution in [2.45, 2.75) is 26.7 Å². The molecule has 0 N–H and O–H groups in total. The minimum Gasteiger partial charge on any atom is -0.493 e. The Hall–Kier alpha value is -1.07. The van der Waals surface area contributed by atoms with E-state index in [1.807, 2.05) is 32.0 Å². The summed E-state index contributed by atoms with van der Waals surface area (Å²) in [6.45, 7) is 5.82. The molecule has 0 saturated carbocycles.